The maximum Gasteiger partial charge on any atom is 0.147 e. The Morgan fingerprint density at radius 3 is 2.64 bits per heavy atom. The lowest BCUT2D eigenvalue weighted by atomic mass is 10.4. The van der Waals surface area contributed by atoms with Crippen LogP contribution in [-0.4, -0.2) is 4.70 Å². The fourth-order valence-electron chi connectivity index (χ4n) is 0.993. The van der Waals surface area contributed by atoms with Crippen molar-refractivity contribution in [3.63, 3.8) is 0 Å². The van der Waals surface area contributed by atoms with Crippen LogP contribution in [0.4, 0.5) is 0 Å². The summed E-state index contributed by atoms with van der Waals surface area (Å²) in [6.45, 7) is 0. The summed E-state index contributed by atoms with van der Waals surface area (Å²) in [5.41, 5.74) is 0. The van der Waals surface area contributed by atoms with E-state index in [1.54, 1.807) is 16.8 Å². The lowest BCUT2D eigenvalue weighted by molar-refractivity contribution is -1.91. The summed E-state index contributed by atoms with van der Waals surface area (Å²) in [7, 11) is -5.41. The highest BCUT2D eigenvalue weighted by atomic mass is 35.7. The second kappa shape index (κ2) is 3.82. The van der Waals surface area contributed by atoms with Gasteiger partial charge in [-0.25, -0.2) is 0 Å². The Morgan fingerprint density at radius 1 is 1.21 bits per heavy atom. The standard InChI is InChI=1S/C7H5ClO4S2/c9-8(10,11)12-14-5-13-6-3-1-2-4-7(6)14/h1-5H. The number of fused-ring (bicyclic) bond motifs is 1. The molecule has 1 heterocycles. The van der Waals surface area contributed by atoms with Gasteiger partial charge in [-0.2, -0.15) is 14.0 Å². The summed E-state index contributed by atoms with van der Waals surface area (Å²) in [6, 6.07) is 7.21. The molecule has 2 rings (SSSR count). The zero-order valence-electron chi connectivity index (χ0n) is 6.71. The van der Waals surface area contributed by atoms with Gasteiger partial charge >= 0.3 is 0 Å². The molecule has 7 heteroatoms. The second-order valence-corrected chi connectivity index (χ2v) is 6.14. The highest BCUT2D eigenvalue weighted by Crippen LogP contribution is 2.44. The van der Waals surface area contributed by atoms with E-state index in [1.807, 2.05) is 12.1 Å². The predicted molar refractivity (Wildman–Crippen MR) is 45.3 cm³/mol. The summed E-state index contributed by atoms with van der Waals surface area (Å²) in [5, 5.41) is 0. The first-order valence-corrected chi connectivity index (χ1v) is 6.82. The van der Waals surface area contributed by atoms with Crippen LogP contribution < -0.4 is 14.0 Å². The summed E-state index contributed by atoms with van der Waals surface area (Å²) in [4.78, 5) is 1.67. The van der Waals surface area contributed by atoms with Crippen LogP contribution in [0.3, 0.4) is 0 Å². The van der Waals surface area contributed by atoms with Crippen molar-refractivity contribution in [1.29, 1.82) is 0 Å². The zero-order chi connectivity index (χ0) is 10.2. The summed E-state index contributed by atoms with van der Waals surface area (Å²) in [6.07, 6.45) is 0. The van der Waals surface area contributed by atoms with E-state index in [2.05, 4.69) is 3.74 Å². The molecule has 1 aromatic carbocycles. The average Bonchev–Trinajstić information content (AvgIpc) is 2.47. The normalized spacial score (nSPS) is 20.4. The third kappa shape index (κ3) is 2.29. The average molecular weight is 253 g/mol. The van der Waals surface area contributed by atoms with Crippen LogP contribution in [0.25, 0.3) is 0 Å². The van der Waals surface area contributed by atoms with E-state index >= 15 is 0 Å². The molecule has 0 aromatic heterocycles. The van der Waals surface area contributed by atoms with Crippen LogP contribution in [0.15, 0.2) is 34.1 Å². The van der Waals surface area contributed by atoms with Crippen LogP contribution in [0, 0.1) is 10.2 Å². The molecule has 0 fully saturated rings. The third-order valence-electron chi connectivity index (χ3n) is 1.47. The van der Waals surface area contributed by atoms with E-state index < -0.39 is 21.0 Å². The molecule has 0 saturated heterocycles. The van der Waals surface area contributed by atoms with Crippen molar-refractivity contribution in [1.82, 2.24) is 0 Å². The van der Waals surface area contributed by atoms with Gasteiger partial charge < -0.3 is 0 Å². The lowest BCUT2D eigenvalue weighted by Gasteiger charge is -2.12. The van der Waals surface area contributed by atoms with E-state index in [-0.39, 0.29) is 0 Å². The molecule has 1 aliphatic rings. The first-order valence-electron chi connectivity index (χ1n) is 3.49. The summed E-state index contributed by atoms with van der Waals surface area (Å²) >= 11 is 1.37. The van der Waals surface area contributed by atoms with Crippen molar-refractivity contribution in [3.8, 4) is 0 Å². The molecule has 1 atom stereocenters. The van der Waals surface area contributed by atoms with Crippen LogP contribution >= 0.6 is 22.5 Å². The van der Waals surface area contributed by atoms with Crippen molar-refractivity contribution < 1.29 is 28.0 Å². The van der Waals surface area contributed by atoms with Crippen LogP contribution in [0.2, 0.25) is 0 Å². The van der Waals surface area contributed by atoms with E-state index in [9.17, 15) is 14.0 Å². The Balaban J connectivity index is 2.25. The quantitative estimate of drug-likeness (QED) is 0.632. The van der Waals surface area contributed by atoms with Gasteiger partial charge in [-0.05, 0) is 12.1 Å². The maximum absolute atomic E-state index is 10.4. The van der Waals surface area contributed by atoms with Gasteiger partial charge in [-0.3, -0.25) is 0 Å². The van der Waals surface area contributed by atoms with Gasteiger partial charge in [0, 0.05) is 9.59 Å². The number of hydrogen-bond acceptors (Lipinski definition) is 5. The van der Waals surface area contributed by atoms with Crippen molar-refractivity contribution in [2.75, 3.05) is 0 Å². The molecular weight excluding hydrogens is 248 g/mol. The molecule has 1 unspecified atom stereocenters. The van der Waals surface area contributed by atoms with Gasteiger partial charge in [-0.1, -0.05) is 23.9 Å². The molecule has 0 bridgehead atoms. The molecule has 4 nitrogen and oxygen atoms in total. The van der Waals surface area contributed by atoms with Crippen molar-refractivity contribution in [2.45, 2.75) is 9.79 Å². The van der Waals surface area contributed by atoms with Gasteiger partial charge in [0.1, 0.15) is 14.5 Å². The molecule has 0 amide bonds. The van der Waals surface area contributed by atoms with Crippen LogP contribution in [0.1, 0.15) is 0 Å². The van der Waals surface area contributed by atoms with E-state index in [4.69, 9.17) is 0 Å². The second-order valence-electron chi connectivity index (χ2n) is 2.40. The molecule has 0 spiro atoms. The summed E-state index contributed by atoms with van der Waals surface area (Å²) in [5.74, 6) is 0. The molecule has 0 radical (unpaired) electrons. The van der Waals surface area contributed by atoms with Crippen LogP contribution in [-0.2, 0) is 3.74 Å². The number of hydrogen-bond donors (Lipinski definition) is 0. The molecular formula is C7H5ClO4S2. The largest absolute Gasteiger partial charge is 0.182 e. The minimum atomic E-state index is -4.36. The minimum Gasteiger partial charge on any atom is -0.182 e. The Hall–Kier alpha value is -0.0800. The molecule has 0 N–H and O–H groups in total. The monoisotopic (exact) mass is 252 g/mol. The van der Waals surface area contributed by atoms with Crippen molar-refractivity contribution >= 4 is 27.2 Å². The van der Waals surface area contributed by atoms with Crippen molar-refractivity contribution in [2.24, 2.45) is 0 Å². The molecule has 14 heavy (non-hydrogen) atoms. The first kappa shape index (κ1) is 10.4. The number of thioether (sulfide) groups is 1. The lowest BCUT2D eigenvalue weighted by Crippen LogP contribution is -2.60. The number of halogens is 1. The van der Waals surface area contributed by atoms with E-state index in [0.29, 0.717) is 0 Å². The van der Waals surface area contributed by atoms with E-state index in [0.717, 1.165) is 9.79 Å². The zero-order valence-corrected chi connectivity index (χ0v) is 9.10. The predicted octanol–water partition coefficient (Wildman–Crippen LogP) is -0.991. The van der Waals surface area contributed by atoms with Gasteiger partial charge in [-0.15, -0.1) is 0 Å². The van der Waals surface area contributed by atoms with E-state index in [1.165, 1.54) is 11.8 Å². The van der Waals surface area contributed by atoms with Gasteiger partial charge in [0.05, 0.1) is 15.1 Å². The third-order valence-corrected chi connectivity index (χ3v) is 5.25. The molecule has 0 aliphatic carbocycles. The highest BCUT2D eigenvalue weighted by molar-refractivity contribution is 8.32. The molecule has 1 aromatic rings. The topological polar surface area (TPSA) is 78.4 Å². The Kier molecular flexibility index (Phi) is 2.85. The Labute approximate surface area is 89.4 Å². The Morgan fingerprint density at radius 2 is 1.93 bits per heavy atom. The van der Waals surface area contributed by atoms with Gasteiger partial charge in [0.2, 0.25) is 0 Å². The maximum atomic E-state index is 10.4. The number of rotatable bonds is 2. The minimum absolute atomic E-state index is 0.740. The highest BCUT2D eigenvalue weighted by Gasteiger charge is 2.28. The first-order chi connectivity index (χ1) is 6.56. The molecule has 1 aliphatic heterocycles. The molecule has 0 saturated carbocycles. The Bertz CT molecular complexity index is 388. The van der Waals surface area contributed by atoms with Gasteiger partial charge in [0.25, 0.3) is 0 Å². The molecule has 76 valence electrons. The smallest absolute Gasteiger partial charge is 0.147 e. The van der Waals surface area contributed by atoms with Crippen LogP contribution in [0.5, 0.6) is 0 Å². The fraction of sp³-hybridized carbons (Fsp3) is 0. The SMILES string of the molecule is [O-][Cl+3]([O-])([O-])OS1=CSc2ccccc21. The van der Waals surface area contributed by atoms with Crippen molar-refractivity contribution in [3.05, 3.63) is 24.3 Å². The van der Waals surface area contributed by atoms with Gasteiger partial charge in [0.15, 0.2) is 0 Å². The fourth-order valence-corrected chi connectivity index (χ4v) is 4.71. The number of benzene rings is 1. The summed E-state index contributed by atoms with van der Waals surface area (Å²) < 4.78 is 37.1.